The van der Waals surface area contributed by atoms with E-state index in [0.717, 1.165) is 11.1 Å². The highest BCUT2D eigenvalue weighted by Crippen LogP contribution is 2.44. The van der Waals surface area contributed by atoms with Crippen molar-refractivity contribution in [2.24, 2.45) is 0 Å². The lowest BCUT2D eigenvalue weighted by Crippen LogP contribution is -2.45. The first-order chi connectivity index (χ1) is 18.7. The fourth-order valence-corrected chi connectivity index (χ4v) is 4.94. The Bertz CT molecular complexity index is 1240. The van der Waals surface area contributed by atoms with Crippen LogP contribution in [0.1, 0.15) is 41.5 Å². The van der Waals surface area contributed by atoms with Crippen LogP contribution in [0.15, 0.2) is 109 Å². The summed E-state index contributed by atoms with van der Waals surface area (Å²) in [7, 11) is 0. The largest absolute Gasteiger partial charge is 0.449 e. The third-order valence-corrected chi connectivity index (χ3v) is 6.93. The van der Waals surface area contributed by atoms with Crippen molar-refractivity contribution >= 4 is 6.09 Å². The Morgan fingerprint density at radius 3 is 1.68 bits per heavy atom. The minimum absolute atomic E-state index is 0.00712. The van der Waals surface area contributed by atoms with Crippen LogP contribution in [0.2, 0.25) is 0 Å². The molecule has 0 saturated heterocycles. The number of hydrogen-bond acceptors (Lipinski definition) is 4. The van der Waals surface area contributed by atoms with E-state index in [4.69, 9.17) is 14.2 Å². The van der Waals surface area contributed by atoms with Gasteiger partial charge in [-0.15, -0.1) is 0 Å². The van der Waals surface area contributed by atoms with E-state index in [1.807, 2.05) is 91.9 Å². The molecule has 1 N–H and O–H groups in total. The second kappa shape index (κ2) is 12.5. The molecule has 1 amide bonds. The van der Waals surface area contributed by atoms with E-state index in [-0.39, 0.29) is 18.6 Å². The lowest BCUT2D eigenvalue weighted by Gasteiger charge is -2.27. The van der Waals surface area contributed by atoms with E-state index in [1.165, 1.54) is 22.3 Å². The molecule has 1 atom stereocenters. The number of rotatable bonds is 11. The van der Waals surface area contributed by atoms with Gasteiger partial charge in [-0.2, -0.15) is 0 Å². The summed E-state index contributed by atoms with van der Waals surface area (Å²) in [6, 6.07) is 36.1. The van der Waals surface area contributed by atoms with Gasteiger partial charge in [0.25, 0.3) is 0 Å². The Balaban J connectivity index is 1.24. The molecule has 0 aliphatic heterocycles. The highest BCUT2D eigenvalue weighted by Gasteiger charge is 2.30. The van der Waals surface area contributed by atoms with Gasteiger partial charge in [0.2, 0.25) is 0 Å². The summed E-state index contributed by atoms with van der Waals surface area (Å²) in [5, 5.41) is 3.00. The zero-order chi connectivity index (χ0) is 26.2. The smallest absolute Gasteiger partial charge is 0.407 e. The van der Waals surface area contributed by atoms with E-state index >= 15 is 0 Å². The van der Waals surface area contributed by atoms with Crippen molar-refractivity contribution in [1.82, 2.24) is 5.32 Å². The summed E-state index contributed by atoms with van der Waals surface area (Å²) >= 11 is 0. The van der Waals surface area contributed by atoms with Crippen LogP contribution in [-0.2, 0) is 27.4 Å². The maximum absolute atomic E-state index is 13.0. The minimum Gasteiger partial charge on any atom is -0.449 e. The zero-order valence-electron chi connectivity index (χ0n) is 21.6. The van der Waals surface area contributed by atoms with Gasteiger partial charge in [0.1, 0.15) is 6.61 Å². The van der Waals surface area contributed by atoms with Gasteiger partial charge in [-0.25, -0.2) is 4.79 Å². The Labute approximate surface area is 224 Å². The molecule has 194 valence electrons. The van der Waals surface area contributed by atoms with Gasteiger partial charge < -0.3 is 19.5 Å². The van der Waals surface area contributed by atoms with Crippen molar-refractivity contribution in [2.45, 2.75) is 44.8 Å². The van der Waals surface area contributed by atoms with Crippen molar-refractivity contribution in [3.8, 4) is 11.1 Å². The third-order valence-electron chi connectivity index (χ3n) is 6.93. The summed E-state index contributed by atoms with van der Waals surface area (Å²) in [4.78, 5) is 13.0. The van der Waals surface area contributed by atoms with E-state index < -0.39 is 12.4 Å². The quantitative estimate of drug-likeness (QED) is 0.221. The van der Waals surface area contributed by atoms with Gasteiger partial charge in [0.05, 0.1) is 19.3 Å². The molecule has 5 heteroatoms. The first-order valence-electron chi connectivity index (χ1n) is 13.2. The molecule has 4 aromatic carbocycles. The molecule has 0 saturated carbocycles. The van der Waals surface area contributed by atoms with Gasteiger partial charge in [0.15, 0.2) is 6.29 Å². The van der Waals surface area contributed by atoms with Crippen LogP contribution in [0, 0.1) is 0 Å². The number of carbonyl (C=O) groups excluding carboxylic acids is 1. The predicted octanol–water partition coefficient (Wildman–Crippen LogP) is 7.06. The molecule has 38 heavy (non-hydrogen) atoms. The molecule has 1 aliphatic rings. The van der Waals surface area contributed by atoms with Gasteiger partial charge >= 0.3 is 6.09 Å². The molecule has 0 spiro atoms. The second-order valence-corrected chi connectivity index (χ2v) is 9.45. The maximum Gasteiger partial charge on any atom is 0.407 e. The Morgan fingerprint density at radius 2 is 1.18 bits per heavy atom. The zero-order valence-corrected chi connectivity index (χ0v) is 21.6. The summed E-state index contributed by atoms with van der Waals surface area (Å²) in [6.45, 7) is 3.02. The van der Waals surface area contributed by atoms with Gasteiger partial charge in [-0.05, 0) is 39.8 Å². The molecule has 1 aliphatic carbocycles. The van der Waals surface area contributed by atoms with Crippen LogP contribution in [0.5, 0.6) is 0 Å². The SMILES string of the molecule is CC[C@H](NC(=O)OCC1c2ccccc2-c2ccccc21)C(OCc1ccccc1)OCc1ccccc1. The predicted molar refractivity (Wildman–Crippen MR) is 149 cm³/mol. The lowest BCUT2D eigenvalue weighted by atomic mass is 9.98. The molecule has 0 unspecified atom stereocenters. The van der Waals surface area contributed by atoms with Crippen molar-refractivity contribution in [2.75, 3.05) is 6.61 Å². The fourth-order valence-electron chi connectivity index (χ4n) is 4.94. The van der Waals surface area contributed by atoms with Crippen molar-refractivity contribution in [1.29, 1.82) is 0 Å². The molecule has 0 fully saturated rings. The second-order valence-electron chi connectivity index (χ2n) is 9.45. The standard InChI is InChI=1S/C33H33NO4/c1-2-31(32(36-21-24-13-5-3-6-14-24)37-22-25-15-7-4-8-16-25)34-33(35)38-23-30-28-19-11-9-17-26(28)27-18-10-12-20-29(27)30/h3-20,30-32H,2,21-23H2,1H3,(H,34,35)/t31-/m0/s1. The molecule has 5 rings (SSSR count). The van der Waals surface area contributed by atoms with Crippen molar-refractivity contribution < 1.29 is 19.0 Å². The number of carbonyl (C=O) groups is 1. The molecule has 5 nitrogen and oxygen atoms in total. The summed E-state index contributed by atoms with van der Waals surface area (Å²) in [5.74, 6) is 0.00712. The van der Waals surface area contributed by atoms with Gasteiger partial charge in [0, 0.05) is 5.92 Å². The van der Waals surface area contributed by atoms with Crippen LogP contribution in [0.3, 0.4) is 0 Å². The van der Waals surface area contributed by atoms with Crippen LogP contribution in [-0.4, -0.2) is 25.0 Å². The molecule has 4 aromatic rings. The Morgan fingerprint density at radius 1 is 0.711 bits per heavy atom. The monoisotopic (exact) mass is 507 g/mol. The fraction of sp³-hybridized carbons (Fsp3) is 0.242. The number of amides is 1. The first kappa shape index (κ1) is 25.7. The summed E-state index contributed by atoms with van der Waals surface area (Å²) in [6.07, 6.45) is -0.491. The molecular weight excluding hydrogens is 474 g/mol. The Kier molecular flexibility index (Phi) is 8.49. The van der Waals surface area contributed by atoms with Gasteiger partial charge in [-0.1, -0.05) is 116 Å². The van der Waals surface area contributed by atoms with Crippen LogP contribution < -0.4 is 5.32 Å². The maximum atomic E-state index is 13.0. The lowest BCUT2D eigenvalue weighted by molar-refractivity contribution is -0.172. The summed E-state index contributed by atoms with van der Waals surface area (Å²) in [5.41, 5.74) is 6.85. The highest BCUT2D eigenvalue weighted by molar-refractivity contribution is 5.79. The average molecular weight is 508 g/mol. The number of fused-ring (bicyclic) bond motifs is 3. The molecule has 0 bridgehead atoms. The minimum atomic E-state index is -0.638. The molecule has 0 heterocycles. The van der Waals surface area contributed by atoms with E-state index in [9.17, 15) is 4.79 Å². The topological polar surface area (TPSA) is 56.8 Å². The number of hydrogen-bond donors (Lipinski definition) is 1. The van der Waals surface area contributed by atoms with E-state index in [2.05, 4.69) is 29.6 Å². The Hall–Kier alpha value is -3.93. The number of ether oxygens (including phenoxy) is 3. The van der Waals surface area contributed by atoms with Crippen LogP contribution in [0.4, 0.5) is 4.79 Å². The van der Waals surface area contributed by atoms with E-state index in [0.29, 0.717) is 19.6 Å². The van der Waals surface area contributed by atoms with Crippen molar-refractivity contribution in [3.63, 3.8) is 0 Å². The highest BCUT2D eigenvalue weighted by atomic mass is 16.7. The summed E-state index contributed by atoms with van der Waals surface area (Å²) < 4.78 is 18.2. The average Bonchev–Trinajstić information content (AvgIpc) is 3.30. The normalized spacial score (nSPS) is 13.1. The van der Waals surface area contributed by atoms with Crippen LogP contribution in [0.25, 0.3) is 11.1 Å². The van der Waals surface area contributed by atoms with E-state index in [1.54, 1.807) is 0 Å². The third kappa shape index (κ3) is 6.13. The van der Waals surface area contributed by atoms with Crippen molar-refractivity contribution in [3.05, 3.63) is 131 Å². The molecule has 0 aromatic heterocycles. The number of alkyl carbamates (subject to hydrolysis) is 1. The first-order valence-corrected chi connectivity index (χ1v) is 13.2. The van der Waals surface area contributed by atoms with Gasteiger partial charge in [-0.3, -0.25) is 0 Å². The number of benzene rings is 4. The molecule has 0 radical (unpaired) electrons. The van der Waals surface area contributed by atoms with Crippen LogP contribution >= 0.6 is 0 Å². The molecular formula is C33H33NO4. The number of nitrogens with one attached hydrogen (secondary N) is 1.